The molecule has 0 spiro atoms. The fraction of sp³-hybridized carbons (Fsp3) is 0.364. The van der Waals surface area contributed by atoms with Crippen molar-refractivity contribution in [3.05, 3.63) is 42.0 Å². The molecule has 1 aliphatic carbocycles. The van der Waals surface area contributed by atoms with Gasteiger partial charge in [0.2, 0.25) is 21.8 Å². The van der Waals surface area contributed by atoms with Crippen LogP contribution in [-0.4, -0.2) is 52.3 Å². The number of aryl methyl sites for hydroxylation is 1. The van der Waals surface area contributed by atoms with Gasteiger partial charge in [0, 0.05) is 37.1 Å². The highest BCUT2D eigenvalue weighted by Crippen LogP contribution is 2.31. The summed E-state index contributed by atoms with van der Waals surface area (Å²) in [6, 6.07) is 9.92. The number of hydrogen-bond donors (Lipinski definition) is 3. The topological polar surface area (TPSA) is 117 Å². The van der Waals surface area contributed by atoms with Crippen molar-refractivity contribution < 1.29 is 22.7 Å². The van der Waals surface area contributed by atoms with Crippen molar-refractivity contribution >= 4 is 38.9 Å². The minimum atomic E-state index is -3.75. The highest BCUT2D eigenvalue weighted by atomic mass is 32.2. The van der Waals surface area contributed by atoms with E-state index >= 15 is 0 Å². The van der Waals surface area contributed by atoms with E-state index in [4.69, 9.17) is 4.74 Å². The van der Waals surface area contributed by atoms with Crippen molar-refractivity contribution in [1.82, 2.24) is 4.31 Å². The highest BCUT2D eigenvalue weighted by molar-refractivity contribution is 7.89. The normalized spacial score (nSPS) is 13.5. The van der Waals surface area contributed by atoms with Crippen LogP contribution in [0.15, 0.2) is 41.3 Å². The standard InChI is InChI=1S/C22H28N4O5S/c1-14-5-8-16(25-22(28)15-6-7-15)11-18(14)23-13-21(27)24-17-9-10-19(31-4)20(12-17)32(29,30)26(2)3/h5,8-12,15,23H,6-7,13H2,1-4H3,(H,24,27)(H,25,28). The van der Waals surface area contributed by atoms with Crippen LogP contribution < -0.4 is 20.7 Å². The van der Waals surface area contributed by atoms with Crippen molar-refractivity contribution in [3.63, 3.8) is 0 Å². The Morgan fingerprint density at radius 2 is 1.72 bits per heavy atom. The molecule has 1 aliphatic rings. The molecule has 10 heteroatoms. The molecule has 3 N–H and O–H groups in total. The van der Waals surface area contributed by atoms with Crippen LogP contribution in [0, 0.1) is 12.8 Å². The summed E-state index contributed by atoms with van der Waals surface area (Å²) in [6.07, 6.45) is 1.85. The molecule has 1 saturated carbocycles. The van der Waals surface area contributed by atoms with Crippen LogP contribution in [0.5, 0.6) is 5.75 Å². The number of carbonyl (C=O) groups is 2. The summed E-state index contributed by atoms with van der Waals surface area (Å²) >= 11 is 0. The molecular weight excluding hydrogens is 432 g/mol. The molecule has 3 rings (SSSR count). The van der Waals surface area contributed by atoms with E-state index in [0.717, 1.165) is 28.4 Å². The minimum Gasteiger partial charge on any atom is -0.495 e. The van der Waals surface area contributed by atoms with Gasteiger partial charge in [0.05, 0.1) is 13.7 Å². The van der Waals surface area contributed by atoms with Crippen molar-refractivity contribution in [1.29, 1.82) is 0 Å². The summed E-state index contributed by atoms with van der Waals surface area (Å²) < 4.78 is 31.3. The molecule has 0 saturated heterocycles. The molecule has 2 aromatic carbocycles. The summed E-state index contributed by atoms with van der Waals surface area (Å²) in [5.41, 5.74) is 2.65. The average Bonchev–Trinajstić information content (AvgIpc) is 3.59. The van der Waals surface area contributed by atoms with Crippen LogP contribution in [0.1, 0.15) is 18.4 Å². The lowest BCUT2D eigenvalue weighted by Crippen LogP contribution is -2.24. The third-order valence-corrected chi connectivity index (χ3v) is 6.93. The van der Waals surface area contributed by atoms with Crippen LogP contribution in [0.3, 0.4) is 0 Å². The lowest BCUT2D eigenvalue weighted by molar-refractivity contribution is -0.117. The van der Waals surface area contributed by atoms with E-state index in [9.17, 15) is 18.0 Å². The monoisotopic (exact) mass is 460 g/mol. The Labute approximate surface area is 188 Å². The lowest BCUT2D eigenvalue weighted by atomic mass is 10.1. The smallest absolute Gasteiger partial charge is 0.246 e. The molecule has 0 heterocycles. The number of ether oxygens (including phenoxy) is 1. The largest absolute Gasteiger partial charge is 0.495 e. The van der Waals surface area contributed by atoms with Crippen LogP contribution in [0.25, 0.3) is 0 Å². The second kappa shape index (κ2) is 9.58. The Kier molecular flexibility index (Phi) is 7.05. The van der Waals surface area contributed by atoms with Gasteiger partial charge >= 0.3 is 0 Å². The number of sulfonamides is 1. The SMILES string of the molecule is COc1ccc(NC(=O)CNc2cc(NC(=O)C3CC3)ccc2C)cc1S(=O)(=O)N(C)C. The van der Waals surface area contributed by atoms with Gasteiger partial charge in [-0.15, -0.1) is 0 Å². The maximum Gasteiger partial charge on any atom is 0.246 e. The maximum absolute atomic E-state index is 12.5. The second-order valence-corrected chi connectivity index (χ2v) is 9.97. The number of methoxy groups -OCH3 is 1. The fourth-order valence-electron chi connectivity index (χ4n) is 3.01. The number of hydrogen-bond acceptors (Lipinski definition) is 6. The Morgan fingerprint density at radius 1 is 1.06 bits per heavy atom. The number of nitrogens with one attached hydrogen (secondary N) is 3. The minimum absolute atomic E-state index is 0.0144. The Hall–Kier alpha value is -3.11. The van der Waals surface area contributed by atoms with Crippen LogP contribution in [-0.2, 0) is 19.6 Å². The van der Waals surface area contributed by atoms with Gasteiger partial charge in [0.1, 0.15) is 10.6 Å². The zero-order valence-corrected chi connectivity index (χ0v) is 19.4. The van der Waals surface area contributed by atoms with E-state index in [1.54, 1.807) is 12.1 Å². The summed E-state index contributed by atoms with van der Waals surface area (Å²) in [5.74, 6) is -0.0459. The van der Waals surface area contributed by atoms with Gasteiger partial charge in [0.25, 0.3) is 0 Å². The van der Waals surface area contributed by atoms with Gasteiger partial charge in [-0.05, 0) is 55.7 Å². The Balaban J connectivity index is 1.67. The number of nitrogens with zero attached hydrogens (tertiary/aromatic N) is 1. The molecule has 1 fully saturated rings. The number of amides is 2. The van der Waals surface area contributed by atoms with E-state index in [-0.39, 0.29) is 34.9 Å². The molecular formula is C22H28N4O5S. The highest BCUT2D eigenvalue weighted by Gasteiger charge is 2.29. The van der Waals surface area contributed by atoms with E-state index in [1.165, 1.54) is 33.3 Å². The molecule has 0 radical (unpaired) electrons. The Morgan fingerprint density at radius 3 is 2.34 bits per heavy atom. The molecule has 2 aromatic rings. The molecule has 0 unspecified atom stereocenters. The van der Waals surface area contributed by atoms with Gasteiger partial charge in [-0.25, -0.2) is 12.7 Å². The average molecular weight is 461 g/mol. The predicted octanol–water partition coefficient (Wildman–Crippen LogP) is 2.65. The molecule has 32 heavy (non-hydrogen) atoms. The fourth-order valence-corrected chi connectivity index (χ4v) is 4.09. The number of carbonyl (C=O) groups excluding carboxylic acids is 2. The molecule has 2 amide bonds. The number of rotatable bonds is 9. The molecule has 9 nitrogen and oxygen atoms in total. The Bertz CT molecular complexity index is 1130. The molecule has 0 aromatic heterocycles. The lowest BCUT2D eigenvalue weighted by Gasteiger charge is -2.16. The summed E-state index contributed by atoms with van der Waals surface area (Å²) in [6.45, 7) is 1.86. The van der Waals surface area contributed by atoms with Crippen LogP contribution in [0.2, 0.25) is 0 Å². The zero-order chi connectivity index (χ0) is 23.5. The van der Waals surface area contributed by atoms with E-state index in [1.807, 2.05) is 19.1 Å². The second-order valence-electron chi connectivity index (χ2n) is 7.85. The number of anilines is 3. The van der Waals surface area contributed by atoms with E-state index in [0.29, 0.717) is 11.4 Å². The maximum atomic E-state index is 12.5. The first kappa shape index (κ1) is 23.6. The first-order valence-corrected chi connectivity index (χ1v) is 11.6. The third-order valence-electron chi connectivity index (χ3n) is 5.10. The summed E-state index contributed by atoms with van der Waals surface area (Å²) in [7, 11) is 0.484. The summed E-state index contributed by atoms with van der Waals surface area (Å²) in [5, 5.41) is 8.64. The first-order chi connectivity index (χ1) is 15.1. The molecule has 172 valence electrons. The van der Waals surface area contributed by atoms with Crippen LogP contribution >= 0.6 is 0 Å². The summed E-state index contributed by atoms with van der Waals surface area (Å²) in [4.78, 5) is 24.4. The van der Waals surface area contributed by atoms with Crippen LogP contribution in [0.4, 0.5) is 17.1 Å². The van der Waals surface area contributed by atoms with Crippen molar-refractivity contribution in [2.24, 2.45) is 5.92 Å². The zero-order valence-electron chi connectivity index (χ0n) is 18.6. The van der Waals surface area contributed by atoms with Crippen molar-refractivity contribution in [3.8, 4) is 5.75 Å². The first-order valence-electron chi connectivity index (χ1n) is 10.2. The third kappa shape index (κ3) is 5.57. The van der Waals surface area contributed by atoms with Crippen molar-refractivity contribution in [2.45, 2.75) is 24.7 Å². The predicted molar refractivity (Wildman–Crippen MR) is 124 cm³/mol. The quantitative estimate of drug-likeness (QED) is 0.530. The van der Waals surface area contributed by atoms with Gasteiger partial charge < -0.3 is 20.7 Å². The van der Waals surface area contributed by atoms with Crippen molar-refractivity contribution in [2.75, 3.05) is 43.7 Å². The van der Waals surface area contributed by atoms with Gasteiger partial charge in [-0.3, -0.25) is 9.59 Å². The van der Waals surface area contributed by atoms with Gasteiger partial charge in [-0.1, -0.05) is 6.07 Å². The van der Waals surface area contributed by atoms with Gasteiger partial charge in [-0.2, -0.15) is 0 Å². The van der Waals surface area contributed by atoms with E-state index in [2.05, 4.69) is 16.0 Å². The molecule has 0 aliphatic heterocycles. The number of benzene rings is 2. The van der Waals surface area contributed by atoms with Gasteiger partial charge in [0.15, 0.2) is 0 Å². The molecule has 0 atom stereocenters. The van der Waals surface area contributed by atoms with E-state index < -0.39 is 10.0 Å². The molecule has 0 bridgehead atoms.